The molecule has 0 radical (unpaired) electrons. The van der Waals surface area contributed by atoms with Gasteiger partial charge in [0.15, 0.2) is 6.61 Å². The van der Waals surface area contributed by atoms with Crippen molar-refractivity contribution in [3.05, 3.63) is 35.4 Å². The first-order chi connectivity index (χ1) is 9.29. The fraction of sp³-hybridized carbons (Fsp3) is 0.400. The molecule has 0 N–H and O–H groups in total. The van der Waals surface area contributed by atoms with Crippen LogP contribution in [0.25, 0.3) is 0 Å². The van der Waals surface area contributed by atoms with Gasteiger partial charge in [-0.05, 0) is 17.7 Å². The average Bonchev–Trinajstić information content (AvgIpc) is 2.46. The zero-order valence-corrected chi connectivity index (χ0v) is 10.8. The molecule has 2 rings (SSSR count). The van der Waals surface area contributed by atoms with Crippen LogP contribution in [0.15, 0.2) is 24.3 Å². The number of rotatable bonds is 4. The Bertz CT molecular complexity index is 473. The molecule has 0 amide bonds. The summed E-state index contributed by atoms with van der Waals surface area (Å²) in [6.07, 6.45) is 5.06. The van der Waals surface area contributed by atoms with Gasteiger partial charge >= 0.3 is 5.97 Å². The summed E-state index contributed by atoms with van der Waals surface area (Å²) in [5.41, 5.74) is 1.64. The lowest BCUT2D eigenvalue weighted by atomic mass is 10.1. The van der Waals surface area contributed by atoms with E-state index >= 15 is 0 Å². The van der Waals surface area contributed by atoms with Gasteiger partial charge in [-0.2, -0.15) is 0 Å². The van der Waals surface area contributed by atoms with Crippen LogP contribution in [-0.4, -0.2) is 43.8 Å². The van der Waals surface area contributed by atoms with Crippen LogP contribution in [0.5, 0.6) is 0 Å². The molecule has 0 unspecified atom stereocenters. The predicted octanol–water partition coefficient (Wildman–Crippen LogP) is 1.31. The molecule has 1 aromatic rings. The van der Waals surface area contributed by atoms with Crippen LogP contribution in [-0.2, 0) is 16.0 Å². The maximum absolute atomic E-state index is 11.7. The van der Waals surface area contributed by atoms with Gasteiger partial charge in [-0.1, -0.05) is 18.1 Å². The normalized spacial score (nSPS) is 15.7. The summed E-state index contributed by atoms with van der Waals surface area (Å²) in [5.74, 6) is 1.91. The van der Waals surface area contributed by atoms with E-state index in [4.69, 9.17) is 15.9 Å². The molecule has 1 aliphatic rings. The van der Waals surface area contributed by atoms with Crippen LogP contribution in [0, 0.1) is 12.3 Å². The number of carbonyl (C=O) groups excluding carboxylic acids is 1. The van der Waals surface area contributed by atoms with Crippen LogP contribution < -0.4 is 0 Å². The number of ether oxygens (including phenoxy) is 2. The largest absolute Gasteiger partial charge is 0.449 e. The van der Waals surface area contributed by atoms with Gasteiger partial charge < -0.3 is 9.47 Å². The molecule has 1 saturated heterocycles. The van der Waals surface area contributed by atoms with E-state index in [9.17, 15) is 4.79 Å². The molecule has 0 aliphatic carbocycles. The first-order valence-electron chi connectivity index (χ1n) is 6.29. The van der Waals surface area contributed by atoms with Gasteiger partial charge in [-0.25, -0.2) is 4.79 Å². The fourth-order valence-electron chi connectivity index (χ4n) is 2.00. The minimum atomic E-state index is -0.373. The number of morpholine rings is 1. The Kier molecular flexibility index (Phi) is 4.96. The lowest BCUT2D eigenvalue weighted by Crippen LogP contribution is -2.35. The van der Waals surface area contributed by atoms with Crippen molar-refractivity contribution in [1.82, 2.24) is 4.90 Å². The quantitative estimate of drug-likeness (QED) is 0.603. The Hall–Kier alpha value is -1.83. The molecule has 0 bridgehead atoms. The van der Waals surface area contributed by atoms with Gasteiger partial charge in [-0.3, -0.25) is 4.90 Å². The second kappa shape index (κ2) is 6.93. The average molecular weight is 259 g/mol. The van der Waals surface area contributed by atoms with Crippen molar-refractivity contribution in [2.45, 2.75) is 6.54 Å². The van der Waals surface area contributed by atoms with Crippen molar-refractivity contribution in [3.63, 3.8) is 0 Å². The molecule has 1 heterocycles. The lowest BCUT2D eigenvalue weighted by molar-refractivity contribution is 0.0341. The summed E-state index contributed by atoms with van der Waals surface area (Å²) in [5, 5.41) is 0. The third-order valence-electron chi connectivity index (χ3n) is 2.96. The van der Waals surface area contributed by atoms with Crippen LogP contribution in [0.4, 0.5) is 0 Å². The van der Waals surface area contributed by atoms with Crippen molar-refractivity contribution in [2.75, 3.05) is 32.9 Å². The second-order valence-corrected chi connectivity index (χ2v) is 4.37. The zero-order chi connectivity index (χ0) is 13.5. The van der Waals surface area contributed by atoms with Crippen molar-refractivity contribution in [3.8, 4) is 12.3 Å². The first-order valence-corrected chi connectivity index (χ1v) is 6.29. The minimum absolute atomic E-state index is 0.00647. The van der Waals surface area contributed by atoms with Gasteiger partial charge in [0, 0.05) is 19.6 Å². The molecular weight excluding hydrogens is 242 g/mol. The summed E-state index contributed by atoms with van der Waals surface area (Å²) in [6, 6.07) is 7.46. The first kappa shape index (κ1) is 13.6. The van der Waals surface area contributed by atoms with Crippen molar-refractivity contribution in [2.24, 2.45) is 0 Å². The summed E-state index contributed by atoms with van der Waals surface area (Å²) in [6.45, 7) is 4.21. The number of hydrogen-bond donors (Lipinski definition) is 0. The van der Waals surface area contributed by atoms with Gasteiger partial charge in [0.1, 0.15) is 0 Å². The molecule has 0 saturated carbocycles. The van der Waals surface area contributed by atoms with E-state index in [1.165, 1.54) is 0 Å². The van der Waals surface area contributed by atoms with E-state index in [0.717, 1.165) is 38.4 Å². The van der Waals surface area contributed by atoms with Gasteiger partial charge in [-0.15, -0.1) is 6.42 Å². The molecule has 1 aromatic carbocycles. The van der Waals surface area contributed by atoms with Crippen molar-refractivity contribution >= 4 is 5.97 Å². The maximum Gasteiger partial charge on any atom is 0.339 e. The number of hydrogen-bond acceptors (Lipinski definition) is 4. The monoisotopic (exact) mass is 259 g/mol. The molecule has 100 valence electrons. The van der Waals surface area contributed by atoms with Gasteiger partial charge in [0.2, 0.25) is 0 Å². The smallest absolute Gasteiger partial charge is 0.339 e. The van der Waals surface area contributed by atoms with Crippen molar-refractivity contribution < 1.29 is 14.3 Å². The Morgan fingerprint density at radius 3 is 2.95 bits per heavy atom. The summed E-state index contributed by atoms with van der Waals surface area (Å²) in [4.78, 5) is 14.0. The topological polar surface area (TPSA) is 38.8 Å². The standard InChI is InChI=1S/C15H17NO3/c1-2-8-19-15(17)14-5-3-4-13(11-14)12-16-6-9-18-10-7-16/h1,3-5,11H,6-10,12H2. The molecule has 1 aliphatic heterocycles. The number of nitrogens with zero attached hydrogens (tertiary/aromatic N) is 1. The van der Waals surface area contributed by atoms with E-state index in [2.05, 4.69) is 10.8 Å². The summed E-state index contributed by atoms with van der Waals surface area (Å²) >= 11 is 0. The highest BCUT2D eigenvalue weighted by Gasteiger charge is 2.12. The molecule has 0 aromatic heterocycles. The van der Waals surface area contributed by atoms with Gasteiger partial charge in [0.05, 0.1) is 18.8 Å². The predicted molar refractivity (Wildman–Crippen MR) is 71.7 cm³/mol. The SMILES string of the molecule is C#CCOC(=O)c1cccc(CN2CCOCC2)c1. The Labute approximate surface area is 113 Å². The fourth-order valence-corrected chi connectivity index (χ4v) is 2.00. The zero-order valence-electron chi connectivity index (χ0n) is 10.8. The lowest BCUT2D eigenvalue weighted by Gasteiger charge is -2.26. The van der Waals surface area contributed by atoms with Gasteiger partial charge in [0.25, 0.3) is 0 Å². The molecule has 0 spiro atoms. The maximum atomic E-state index is 11.7. The Balaban J connectivity index is 1.98. The Morgan fingerprint density at radius 2 is 2.21 bits per heavy atom. The number of esters is 1. The number of carbonyl (C=O) groups is 1. The van der Waals surface area contributed by atoms with E-state index < -0.39 is 0 Å². The molecule has 4 nitrogen and oxygen atoms in total. The van der Waals surface area contributed by atoms with Crippen molar-refractivity contribution in [1.29, 1.82) is 0 Å². The van der Waals surface area contributed by atoms with E-state index in [0.29, 0.717) is 5.56 Å². The van der Waals surface area contributed by atoms with Crippen LogP contribution in [0.2, 0.25) is 0 Å². The number of benzene rings is 1. The molecule has 4 heteroatoms. The highest BCUT2D eigenvalue weighted by Crippen LogP contribution is 2.11. The highest BCUT2D eigenvalue weighted by molar-refractivity contribution is 5.89. The third-order valence-corrected chi connectivity index (χ3v) is 2.96. The molecule has 1 fully saturated rings. The molecule has 19 heavy (non-hydrogen) atoms. The molecule has 0 atom stereocenters. The van der Waals surface area contributed by atoms with E-state index in [-0.39, 0.29) is 12.6 Å². The summed E-state index contributed by atoms with van der Waals surface area (Å²) in [7, 11) is 0. The third kappa shape index (κ3) is 4.09. The molecular formula is C15H17NO3. The van der Waals surface area contributed by atoms with Crippen LogP contribution >= 0.6 is 0 Å². The van der Waals surface area contributed by atoms with E-state index in [1.807, 2.05) is 18.2 Å². The Morgan fingerprint density at radius 1 is 1.42 bits per heavy atom. The number of terminal acetylenes is 1. The minimum Gasteiger partial charge on any atom is -0.449 e. The second-order valence-electron chi connectivity index (χ2n) is 4.37. The highest BCUT2D eigenvalue weighted by atomic mass is 16.5. The van der Waals surface area contributed by atoms with Crippen LogP contribution in [0.3, 0.4) is 0 Å². The van der Waals surface area contributed by atoms with E-state index in [1.54, 1.807) is 6.07 Å². The summed E-state index contributed by atoms with van der Waals surface area (Å²) < 4.78 is 10.2. The van der Waals surface area contributed by atoms with Crippen LogP contribution in [0.1, 0.15) is 15.9 Å².